The van der Waals surface area contributed by atoms with Gasteiger partial charge in [-0.3, -0.25) is 9.59 Å². The van der Waals surface area contributed by atoms with E-state index in [2.05, 4.69) is 10.6 Å². The molecule has 0 aliphatic heterocycles. The Morgan fingerprint density at radius 3 is 2.83 bits per heavy atom. The Morgan fingerprint density at radius 2 is 2.12 bits per heavy atom. The summed E-state index contributed by atoms with van der Waals surface area (Å²) in [6.07, 6.45) is 3.40. The van der Waals surface area contributed by atoms with E-state index < -0.39 is 0 Å². The Kier molecular flexibility index (Phi) is 6.96. The molecule has 0 bridgehead atoms. The number of anilines is 2. The fraction of sp³-hybridized carbons (Fsp3) is 0.176. The fourth-order valence-corrected chi connectivity index (χ4v) is 2.57. The van der Waals surface area contributed by atoms with E-state index in [-0.39, 0.29) is 11.8 Å². The van der Waals surface area contributed by atoms with Gasteiger partial charge in [0, 0.05) is 18.2 Å². The highest BCUT2D eigenvalue weighted by Gasteiger charge is 2.06. The average molecular weight is 365 g/mol. The van der Waals surface area contributed by atoms with Gasteiger partial charge in [0.05, 0.1) is 22.7 Å². The number of hydrogen-bond acceptors (Lipinski definition) is 4. The van der Waals surface area contributed by atoms with Gasteiger partial charge in [-0.1, -0.05) is 18.5 Å². The minimum atomic E-state index is -0.303. The smallest absolute Gasteiger partial charge is 0.248 e. The van der Waals surface area contributed by atoms with Gasteiger partial charge in [0.1, 0.15) is 5.76 Å². The van der Waals surface area contributed by atoms with Crippen LogP contribution in [0.3, 0.4) is 0 Å². The van der Waals surface area contributed by atoms with E-state index in [1.807, 2.05) is 12.1 Å². The molecular weight excluding hydrogens is 348 g/mol. The lowest BCUT2D eigenvalue weighted by Crippen LogP contribution is -2.11. The van der Waals surface area contributed by atoms with Crippen molar-refractivity contribution in [3.05, 3.63) is 58.9 Å². The molecule has 0 radical (unpaired) electrons. The molecule has 0 fully saturated rings. The minimum Gasteiger partial charge on any atom is -0.468 e. The first kappa shape index (κ1) is 18.2. The molecule has 0 saturated heterocycles. The minimum absolute atomic E-state index is 0.108. The van der Waals surface area contributed by atoms with Gasteiger partial charge in [0.2, 0.25) is 11.8 Å². The summed E-state index contributed by atoms with van der Waals surface area (Å²) in [6, 6.07) is 8.62. The Labute approximate surface area is 149 Å². The third kappa shape index (κ3) is 5.79. The summed E-state index contributed by atoms with van der Waals surface area (Å²) in [5.41, 5.74) is 1.02. The number of benzene rings is 1. The SMILES string of the molecule is CCC(=O)Nc1ccc(Cl)c(NC(=O)C=CSCc2ccco2)c1. The molecule has 0 aliphatic rings. The van der Waals surface area contributed by atoms with Crippen molar-refractivity contribution < 1.29 is 14.0 Å². The highest BCUT2D eigenvalue weighted by atomic mass is 35.5. The van der Waals surface area contributed by atoms with Crippen molar-refractivity contribution in [3.8, 4) is 0 Å². The van der Waals surface area contributed by atoms with E-state index in [1.54, 1.807) is 36.8 Å². The van der Waals surface area contributed by atoms with E-state index in [9.17, 15) is 9.59 Å². The molecule has 1 heterocycles. The molecule has 5 nitrogen and oxygen atoms in total. The van der Waals surface area contributed by atoms with Gasteiger partial charge in [-0.25, -0.2) is 0 Å². The van der Waals surface area contributed by atoms with Gasteiger partial charge in [0.25, 0.3) is 0 Å². The molecule has 126 valence electrons. The lowest BCUT2D eigenvalue weighted by Gasteiger charge is -2.09. The predicted molar refractivity (Wildman–Crippen MR) is 98.1 cm³/mol. The van der Waals surface area contributed by atoms with Gasteiger partial charge >= 0.3 is 0 Å². The largest absolute Gasteiger partial charge is 0.468 e. The van der Waals surface area contributed by atoms with Gasteiger partial charge in [-0.05, 0) is 35.7 Å². The zero-order valence-electron chi connectivity index (χ0n) is 13.0. The van der Waals surface area contributed by atoms with E-state index in [0.717, 1.165) is 5.76 Å². The molecule has 2 N–H and O–H groups in total. The van der Waals surface area contributed by atoms with Crippen LogP contribution in [0, 0.1) is 0 Å². The first-order valence-corrected chi connectivity index (χ1v) is 8.72. The summed E-state index contributed by atoms with van der Waals surface area (Å²) in [4.78, 5) is 23.4. The molecule has 2 rings (SSSR count). The number of furan rings is 1. The Hall–Kier alpha value is -2.18. The van der Waals surface area contributed by atoms with E-state index >= 15 is 0 Å². The summed E-state index contributed by atoms with van der Waals surface area (Å²) in [5, 5.41) is 7.50. The van der Waals surface area contributed by atoms with E-state index in [4.69, 9.17) is 16.0 Å². The normalized spacial score (nSPS) is 10.8. The summed E-state index contributed by atoms with van der Waals surface area (Å²) < 4.78 is 5.20. The maximum atomic E-state index is 11.9. The van der Waals surface area contributed by atoms with Crippen LogP contribution in [0.2, 0.25) is 5.02 Å². The first-order valence-electron chi connectivity index (χ1n) is 7.29. The fourth-order valence-electron chi connectivity index (χ4n) is 1.76. The summed E-state index contributed by atoms with van der Waals surface area (Å²) >= 11 is 7.51. The van der Waals surface area contributed by atoms with Gasteiger partial charge in [0.15, 0.2) is 0 Å². The number of thioether (sulfide) groups is 1. The molecule has 0 spiro atoms. The summed E-state index contributed by atoms with van der Waals surface area (Å²) in [5.74, 6) is 1.08. The number of carbonyl (C=O) groups is 2. The molecule has 24 heavy (non-hydrogen) atoms. The number of carbonyl (C=O) groups excluding carboxylic acids is 2. The Balaban J connectivity index is 1.90. The summed E-state index contributed by atoms with van der Waals surface area (Å²) in [6.45, 7) is 1.76. The average Bonchev–Trinajstić information content (AvgIpc) is 3.08. The number of amides is 2. The number of hydrogen-bond donors (Lipinski definition) is 2. The second-order valence-corrected chi connectivity index (χ2v) is 6.08. The zero-order valence-corrected chi connectivity index (χ0v) is 14.6. The van der Waals surface area contributed by atoms with Crippen LogP contribution in [0.4, 0.5) is 11.4 Å². The topological polar surface area (TPSA) is 71.3 Å². The van der Waals surface area contributed by atoms with Crippen molar-refractivity contribution in [2.75, 3.05) is 10.6 Å². The van der Waals surface area contributed by atoms with Gasteiger partial charge < -0.3 is 15.1 Å². The van der Waals surface area contributed by atoms with E-state index in [1.165, 1.54) is 17.8 Å². The molecular formula is C17H17ClN2O3S. The predicted octanol–water partition coefficient (Wildman–Crippen LogP) is 4.67. The van der Waals surface area contributed by atoms with Gasteiger partial charge in [-0.15, -0.1) is 11.8 Å². The molecule has 7 heteroatoms. The number of halogens is 1. The summed E-state index contributed by atoms with van der Waals surface area (Å²) in [7, 11) is 0. The van der Waals surface area contributed by atoms with Crippen LogP contribution in [0.25, 0.3) is 0 Å². The van der Waals surface area contributed by atoms with Crippen LogP contribution in [0.1, 0.15) is 19.1 Å². The maximum absolute atomic E-state index is 11.9. The Morgan fingerprint density at radius 1 is 1.29 bits per heavy atom. The second-order valence-electron chi connectivity index (χ2n) is 4.78. The van der Waals surface area contributed by atoms with Gasteiger partial charge in [-0.2, -0.15) is 0 Å². The van der Waals surface area contributed by atoms with Crippen molar-refractivity contribution in [2.24, 2.45) is 0 Å². The number of rotatable bonds is 7. The maximum Gasteiger partial charge on any atom is 0.248 e. The van der Waals surface area contributed by atoms with Crippen LogP contribution in [0.15, 0.2) is 52.5 Å². The molecule has 2 aromatic rings. The molecule has 2 amide bonds. The third-order valence-electron chi connectivity index (χ3n) is 2.95. The first-order chi connectivity index (χ1) is 11.6. The van der Waals surface area contributed by atoms with Crippen molar-refractivity contribution >= 4 is 46.6 Å². The highest BCUT2D eigenvalue weighted by molar-refractivity contribution is 8.01. The zero-order chi connectivity index (χ0) is 17.4. The van der Waals surface area contributed by atoms with Crippen molar-refractivity contribution in [2.45, 2.75) is 19.1 Å². The number of nitrogens with one attached hydrogen (secondary N) is 2. The third-order valence-corrected chi connectivity index (χ3v) is 4.06. The molecule has 1 aromatic heterocycles. The van der Waals surface area contributed by atoms with Crippen LogP contribution in [0.5, 0.6) is 0 Å². The Bertz CT molecular complexity index is 729. The molecule has 0 aliphatic carbocycles. The van der Waals surface area contributed by atoms with Crippen LogP contribution < -0.4 is 10.6 Å². The van der Waals surface area contributed by atoms with Crippen molar-refractivity contribution in [1.29, 1.82) is 0 Å². The van der Waals surface area contributed by atoms with Crippen LogP contribution in [-0.4, -0.2) is 11.8 Å². The van der Waals surface area contributed by atoms with Crippen LogP contribution in [-0.2, 0) is 15.3 Å². The standard InChI is InChI=1S/C17H17ClN2O3S/c1-2-16(21)19-12-5-6-14(18)15(10-12)20-17(22)7-9-24-11-13-4-3-8-23-13/h3-10H,2,11H2,1H3,(H,19,21)(H,20,22). The molecule has 0 unspecified atom stereocenters. The van der Waals surface area contributed by atoms with Crippen LogP contribution >= 0.6 is 23.4 Å². The van der Waals surface area contributed by atoms with E-state index in [0.29, 0.717) is 28.6 Å². The highest BCUT2D eigenvalue weighted by Crippen LogP contribution is 2.25. The molecule has 1 aromatic carbocycles. The van der Waals surface area contributed by atoms with Crippen molar-refractivity contribution in [3.63, 3.8) is 0 Å². The lowest BCUT2D eigenvalue weighted by atomic mass is 10.2. The monoisotopic (exact) mass is 364 g/mol. The molecule has 0 saturated carbocycles. The second kappa shape index (κ2) is 9.20. The lowest BCUT2D eigenvalue weighted by molar-refractivity contribution is -0.116. The van der Waals surface area contributed by atoms with Crippen molar-refractivity contribution in [1.82, 2.24) is 0 Å². The molecule has 0 atom stereocenters. The quantitative estimate of drug-likeness (QED) is 0.700.